The van der Waals surface area contributed by atoms with E-state index < -0.39 is 16.1 Å². The zero-order valence-corrected chi connectivity index (χ0v) is 11.3. The van der Waals surface area contributed by atoms with Crippen LogP contribution >= 0.6 is 0 Å². The van der Waals surface area contributed by atoms with Gasteiger partial charge in [-0.15, -0.1) is 0 Å². The molecule has 1 aliphatic heterocycles. The predicted molar refractivity (Wildman–Crippen MR) is 67.2 cm³/mol. The second-order valence-electron chi connectivity index (χ2n) is 4.79. The summed E-state index contributed by atoms with van der Waals surface area (Å²) in [6.07, 6.45) is -0.179. The van der Waals surface area contributed by atoms with Crippen LogP contribution in [0.5, 0.6) is 0 Å². The third kappa shape index (κ3) is 5.76. The minimum Gasteiger partial charge on any atom is -0.392 e. The summed E-state index contributed by atoms with van der Waals surface area (Å²) in [7, 11) is -3.52. The van der Waals surface area contributed by atoms with E-state index in [1.165, 1.54) is 0 Å². The molecular weight excluding hydrogens is 258 g/mol. The minimum absolute atomic E-state index is 0.0394. The van der Waals surface area contributed by atoms with Crippen molar-refractivity contribution in [1.82, 2.24) is 10.2 Å². The van der Waals surface area contributed by atoms with Crippen LogP contribution in [-0.2, 0) is 14.8 Å². The van der Waals surface area contributed by atoms with E-state index in [2.05, 4.69) is 5.32 Å². The van der Waals surface area contributed by atoms with Gasteiger partial charge >= 0.3 is 0 Å². The molecule has 0 saturated carbocycles. The van der Waals surface area contributed by atoms with Gasteiger partial charge < -0.3 is 15.3 Å². The molecule has 1 saturated heterocycles. The fourth-order valence-corrected chi connectivity index (χ4v) is 2.92. The average molecular weight is 279 g/mol. The van der Waals surface area contributed by atoms with Crippen molar-refractivity contribution < 1.29 is 18.3 Å². The van der Waals surface area contributed by atoms with E-state index >= 15 is 0 Å². The second-order valence-corrected chi connectivity index (χ2v) is 6.45. The van der Waals surface area contributed by atoms with Crippen molar-refractivity contribution in [2.45, 2.75) is 19.4 Å². The Morgan fingerprint density at radius 1 is 1.61 bits per heavy atom. The normalized spacial score (nSPS) is 22.5. The minimum atomic E-state index is -3.52. The third-order valence-corrected chi connectivity index (χ3v) is 3.70. The molecule has 4 N–H and O–H groups in total. The van der Waals surface area contributed by atoms with Gasteiger partial charge in [0.1, 0.15) is 0 Å². The van der Waals surface area contributed by atoms with Crippen LogP contribution in [0.4, 0.5) is 0 Å². The Labute approximate surface area is 107 Å². The predicted octanol–water partition coefficient (Wildman–Crippen LogP) is -1.91. The standard InChI is InChI=1S/C10H21N3O4S/c1-8(14)5-12-2-3-13-6-9(4-10(13)15)7-18(11,16)17/h8-9,12,14H,2-7H2,1H3,(H2,11,16,17). The zero-order valence-electron chi connectivity index (χ0n) is 10.5. The number of aliphatic hydroxyl groups is 1. The number of amides is 1. The van der Waals surface area contributed by atoms with Crippen molar-refractivity contribution in [3.8, 4) is 0 Å². The average Bonchev–Trinajstić information content (AvgIpc) is 2.50. The van der Waals surface area contributed by atoms with E-state index in [1.807, 2.05) is 0 Å². The number of nitrogens with zero attached hydrogens (tertiary/aromatic N) is 1. The van der Waals surface area contributed by atoms with Gasteiger partial charge in [-0.3, -0.25) is 4.79 Å². The van der Waals surface area contributed by atoms with Gasteiger partial charge in [-0.1, -0.05) is 0 Å². The lowest BCUT2D eigenvalue weighted by Crippen LogP contribution is -2.36. The van der Waals surface area contributed by atoms with Gasteiger partial charge in [-0.2, -0.15) is 0 Å². The molecule has 0 bridgehead atoms. The summed E-state index contributed by atoms with van der Waals surface area (Å²) in [6.45, 7) is 3.69. The van der Waals surface area contributed by atoms with Crippen LogP contribution in [-0.4, -0.2) is 62.4 Å². The molecule has 0 aromatic carbocycles. The molecular formula is C10H21N3O4S. The van der Waals surface area contributed by atoms with E-state index in [0.29, 0.717) is 26.2 Å². The Hall–Kier alpha value is -0.700. The number of nitrogens with two attached hydrogens (primary N) is 1. The molecule has 1 aliphatic rings. The Balaban J connectivity index is 2.29. The number of nitrogens with one attached hydrogen (secondary N) is 1. The number of sulfonamides is 1. The third-order valence-electron chi connectivity index (χ3n) is 2.76. The van der Waals surface area contributed by atoms with Crippen molar-refractivity contribution in [1.29, 1.82) is 0 Å². The first-order chi connectivity index (χ1) is 8.28. The largest absolute Gasteiger partial charge is 0.392 e. The maximum Gasteiger partial charge on any atom is 0.223 e. The fourth-order valence-electron chi connectivity index (χ4n) is 2.04. The van der Waals surface area contributed by atoms with Crippen molar-refractivity contribution in [2.24, 2.45) is 11.1 Å². The maximum atomic E-state index is 11.6. The van der Waals surface area contributed by atoms with Crippen LogP contribution in [0.1, 0.15) is 13.3 Å². The van der Waals surface area contributed by atoms with Crippen LogP contribution < -0.4 is 10.5 Å². The molecule has 7 nitrogen and oxygen atoms in total. The van der Waals surface area contributed by atoms with Crippen molar-refractivity contribution in [2.75, 3.05) is 31.9 Å². The molecule has 1 heterocycles. The van der Waals surface area contributed by atoms with Gasteiger partial charge in [0.05, 0.1) is 11.9 Å². The Morgan fingerprint density at radius 3 is 2.83 bits per heavy atom. The summed E-state index contributed by atoms with van der Waals surface area (Å²) in [6, 6.07) is 0. The number of rotatable bonds is 7. The van der Waals surface area contributed by atoms with Crippen LogP contribution in [0, 0.1) is 5.92 Å². The number of carbonyl (C=O) groups excluding carboxylic acids is 1. The number of hydrogen-bond donors (Lipinski definition) is 3. The lowest BCUT2D eigenvalue weighted by molar-refractivity contribution is -0.127. The number of primary sulfonamides is 1. The van der Waals surface area contributed by atoms with E-state index in [1.54, 1.807) is 11.8 Å². The van der Waals surface area contributed by atoms with Crippen molar-refractivity contribution in [3.63, 3.8) is 0 Å². The molecule has 0 spiro atoms. The highest BCUT2D eigenvalue weighted by Gasteiger charge is 2.31. The lowest BCUT2D eigenvalue weighted by Gasteiger charge is -2.17. The first kappa shape index (κ1) is 15.4. The SMILES string of the molecule is CC(O)CNCCN1CC(CS(N)(=O)=O)CC1=O. The summed E-state index contributed by atoms with van der Waals surface area (Å²) in [5.41, 5.74) is 0. The van der Waals surface area contributed by atoms with Crippen LogP contribution in [0.25, 0.3) is 0 Å². The zero-order chi connectivity index (χ0) is 13.8. The molecule has 8 heteroatoms. The maximum absolute atomic E-state index is 11.6. The highest BCUT2D eigenvalue weighted by Crippen LogP contribution is 2.18. The Morgan fingerprint density at radius 2 is 2.28 bits per heavy atom. The number of aliphatic hydroxyl groups excluding tert-OH is 1. The van der Waals surface area contributed by atoms with Crippen molar-refractivity contribution >= 4 is 15.9 Å². The van der Waals surface area contributed by atoms with E-state index in [4.69, 9.17) is 10.2 Å². The highest BCUT2D eigenvalue weighted by molar-refractivity contribution is 7.89. The van der Waals surface area contributed by atoms with Gasteiger partial charge in [0.2, 0.25) is 15.9 Å². The Bertz CT molecular complexity index is 383. The monoisotopic (exact) mass is 279 g/mol. The van der Waals surface area contributed by atoms with E-state index in [-0.39, 0.29) is 24.0 Å². The molecule has 1 fully saturated rings. The summed E-state index contributed by atoms with van der Waals surface area (Å²) in [5, 5.41) is 17.0. The van der Waals surface area contributed by atoms with Crippen LogP contribution in [0.2, 0.25) is 0 Å². The molecule has 1 amide bonds. The summed E-state index contributed by atoms with van der Waals surface area (Å²) < 4.78 is 21.9. The number of carbonyl (C=O) groups is 1. The van der Waals surface area contributed by atoms with Gasteiger partial charge in [0.25, 0.3) is 0 Å². The topological polar surface area (TPSA) is 113 Å². The van der Waals surface area contributed by atoms with Gasteiger partial charge in [-0.25, -0.2) is 13.6 Å². The molecule has 18 heavy (non-hydrogen) atoms. The first-order valence-electron chi connectivity index (χ1n) is 5.95. The summed E-state index contributed by atoms with van der Waals surface area (Å²) in [4.78, 5) is 13.2. The summed E-state index contributed by atoms with van der Waals surface area (Å²) in [5.74, 6) is -0.386. The van der Waals surface area contributed by atoms with Crippen LogP contribution in [0.15, 0.2) is 0 Å². The van der Waals surface area contributed by atoms with E-state index in [0.717, 1.165) is 0 Å². The Kier molecular flexibility index (Phi) is 5.51. The van der Waals surface area contributed by atoms with Gasteiger partial charge in [0.15, 0.2) is 0 Å². The molecule has 106 valence electrons. The molecule has 1 rings (SSSR count). The number of likely N-dealkylation sites (tertiary alicyclic amines) is 1. The second kappa shape index (κ2) is 6.46. The van der Waals surface area contributed by atoms with Gasteiger partial charge in [0, 0.05) is 38.5 Å². The highest BCUT2D eigenvalue weighted by atomic mass is 32.2. The fraction of sp³-hybridized carbons (Fsp3) is 0.900. The molecule has 0 aromatic heterocycles. The molecule has 2 unspecified atom stereocenters. The number of hydrogen-bond acceptors (Lipinski definition) is 5. The molecule has 0 radical (unpaired) electrons. The molecule has 0 aromatic rings. The quantitative estimate of drug-likeness (QED) is 0.471. The first-order valence-corrected chi connectivity index (χ1v) is 7.66. The smallest absolute Gasteiger partial charge is 0.223 e. The van der Waals surface area contributed by atoms with E-state index in [9.17, 15) is 13.2 Å². The van der Waals surface area contributed by atoms with Crippen LogP contribution in [0.3, 0.4) is 0 Å². The summed E-state index contributed by atoms with van der Waals surface area (Å²) >= 11 is 0. The van der Waals surface area contributed by atoms with Crippen molar-refractivity contribution in [3.05, 3.63) is 0 Å². The van der Waals surface area contributed by atoms with Gasteiger partial charge in [-0.05, 0) is 6.92 Å². The molecule has 2 atom stereocenters. The lowest BCUT2D eigenvalue weighted by atomic mass is 10.1. The molecule has 0 aliphatic carbocycles.